The molecule has 0 aliphatic heterocycles. The number of hydrogen-bond donors (Lipinski definition) is 1. The molecule has 0 bridgehead atoms. The summed E-state index contributed by atoms with van der Waals surface area (Å²) in [6, 6.07) is 14.3. The molecule has 7 nitrogen and oxygen atoms in total. The maximum atomic E-state index is 13.8. The number of nitrogens with zero attached hydrogens (tertiary/aromatic N) is 3. The molecule has 0 unspecified atom stereocenters. The van der Waals surface area contributed by atoms with Gasteiger partial charge in [0.1, 0.15) is 11.3 Å². The number of benzene rings is 2. The summed E-state index contributed by atoms with van der Waals surface area (Å²) in [5.74, 6) is -1.28. The largest absolute Gasteiger partial charge is 0.422 e. The van der Waals surface area contributed by atoms with Crippen LogP contribution < -0.4 is 5.32 Å². The Balaban J connectivity index is 1.72. The van der Waals surface area contributed by atoms with Gasteiger partial charge in [-0.05, 0) is 24.3 Å². The molecule has 0 saturated heterocycles. The zero-order valence-corrected chi connectivity index (χ0v) is 15.4. The molecule has 2 aromatic carbocycles. The van der Waals surface area contributed by atoms with E-state index in [0.29, 0.717) is 11.3 Å². The number of amides is 1. The molecule has 0 radical (unpaired) electrons. The minimum Gasteiger partial charge on any atom is -0.350 e. The highest BCUT2D eigenvalue weighted by atomic mass is 19.4. The fourth-order valence-electron chi connectivity index (χ4n) is 2.83. The van der Waals surface area contributed by atoms with E-state index in [0.717, 1.165) is 0 Å². The Labute approximate surface area is 167 Å². The molecule has 0 aliphatic carbocycles. The number of alkyl halides is 3. The number of aromatic nitrogens is 3. The van der Waals surface area contributed by atoms with Gasteiger partial charge in [-0.15, -0.1) is 0 Å². The molecular weight excluding hydrogens is 401 g/mol. The van der Waals surface area contributed by atoms with Crippen LogP contribution in [-0.4, -0.2) is 21.2 Å². The number of hydrogen-bond acceptors (Lipinski definition) is 6. The van der Waals surface area contributed by atoms with Crippen LogP contribution in [0.25, 0.3) is 34.3 Å². The Kier molecular flexibility index (Phi) is 4.82. The summed E-state index contributed by atoms with van der Waals surface area (Å²) in [4.78, 5) is 15.1. The van der Waals surface area contributed by atoms with Crippen LogP contribution in [0.4, 0.5) is 18.9 Å². The van der Waals surface area contributed by atoms with E-state index >= 15 is 0 Å². The first kappa shape index (κ1) is 19.4. The predicted molar refractivity (Wildman–Crippen MR) is 100.0 cm³/mol. The van der Waals surface area contributed by atoms with E-state index in [1.54, 1.807) is 42.5 Å². The predicted octanol–water partition coefficient (Wildman–Crippen LogP) is 5.04. The lowest BCUT2D eigenvalue weighted by molar-refractivity contribution is -0.137. The highest BCUT2D eigenvalue weighted by Gasteiger charge is 2.42. The molecule has 0 spiro atoms. The zero-order chi connectivity index (χ0) is 21.3. The van der Waals surface area contributed by atoms with Crippen LogP contribution in [0.2, 0.25) is 0 Å². The summed E-state index contributed by atoms with van der Waals surface area (Å²) in [6.07, 6.45) is -4.75. The molecule has 4 rings (SSSR count). The third-order valence-electron chi connectivity index (χ3n) is 4.11. The molecule has 2 aromatic heterocycles. The van der Waals surface area contributed by atoms with E-state index in [9.17, 15) is 18.0 Å². The highest BCUT2D eigenvalue weighted by molar-refractivity contribution is 5.88. The number of carbonyl (C=O) groups excluding carboxylic acids is 1. The van der Waals surface area contributed by atoms with Crippen molar-refractivity contribution < 1.29 is 27.0 Å². The van der Waals surface area contributed by atoms with Crippen LogP contribution >= 0.6 is 0 Å². The second kappa shape index (κ2) is 7.47. The van der Waals surface area contributed by atoms with Crippen molar-refractivity contribution in [3.63, 3.8) is 0 Å². The second-order valence-corrected chi connectivity index (χ2v) is 6.28. The van der Waals surface area contributed by atoms with Gasteiger partial charge in [0.05, 0.1) is 0 Å². The Hall–Kier alpha value is -3.95. The van der Waals surface area contributed by atoms with Crippen LogP contribution in [0.3, 0.4) is 0 Å². The lowest BCUT2D eigenvalue weighted by atomic mass is 10.1. The summed E-state index contributed by atoms with van der Waals surface area (Å²) >= 11 is 0. The van der Waals surface area contributed by atoms with Crippen molar-refractivity contribution in [3.8, 4) is 34.3 Å². The third-order valence-corrected chi connectivity index (χ3v) is 4.11. The normalized spacial score (nSPS) is 11.5. The Bertz CT molecular complexity index is 1180. The van der Waals surface area contributed by atoms with Gasteiger partial charge < -0.3 is 14.4 Å². The first-order chi connectivity index (χ1) is 14.3. The van der Waals surface area contributed by atoms with Gasteiger partial charge in [-0.1, -0.05) is 40.6 Å². The molecule has 152 valence electrons. The number of halogens is 3. The minimum absolute atomic E-state index is 0.0603. The summed E-state index contributed by atoms with van der Waals surface area (Å²) in [5.41, 5.74) is -0.178. The average Bonchev–Trinajstić information content (AvgIpc) is 3.36. The van der Waals surface area contributed by atoms with Crippen LogP contribution in [0.1, 0.15) is 12.5 Å². The van der Waals surface area contributed by atoms with Crippen molar-refractivity contribution in [2.24, 2.45) is 0 Å². The molecule has 2 heterocycles. The number of rotatable bonds is 4. The number of nitrogens with one attached hydrogen (secondary N) is 1. The SMILES string of the molecule is CC(=O)Nc1ccc(-c2noc(-c3onc(-c4ccccc4)c3C(F)(F)F)n2)cc1. The van der Waals surface area contributed by atoms with E-state index in [1.165, 1.54) is 19.1 Å². The van der Waals surface area contributed by atoms with Crippen molar-refractivity contribution in [3.05, 3.63) is 60.2 Å². The van der Waals surface area contributed by atoms with Crippen molar-refractivity contribution in [1.29, 1.82) is 0 Å². The van der Waals surface area contributed by atoms with Gasteiger partial charge in [0.15, 0.2) is 0 Å². The molecule has 30 heavy (non-hydrogen) atoms. The lowest BCUT2D eigenvalue weighted by Gasteiger charge is -2.06. The van der Waals surface area contributed by atoms with Crippen LogP contribution in [0.15, 0.2) is 63.6 Å². The molecular formula is C20H13F3N4O3. The lowest BCUT2D eigenvalue weighted by Crippen LogP contribution is -2.07. The highest BCUT2D eigenvalue weighted by Crippen LogP contribution is 2.43. The van der Waals surface area contributed by atoms with Crippen molar-refractivity contribution in [2.75, 3.05) is 5.32 Å². The fourth-order valence-corrected chi connectivity index (χ4v) is 2.83. The zero-order valence-electron chi connectivity index (χ0n) is 15.4. The van der Waals surface area contributed by atoms with Gasteiger partial charge >= 0.3 is 6.18 Å². The van der Waals surface area contributed by atoms with Crippen LogP contribution in [0.5, 0.6) is 0 Å². The van der Waals surface area contributed by atoms with Gasteiger partial charge in [-0.2, -0.15) is 18.2 Å². The second-order valence-electron chi connectivity index (χ2n) is 6.28. The molecule has 0 atom stereocenters. The Morgan fingerprint density at radius 2 is 1.63 bits per heavy atom. The molecule has 10 heteroatoms. The number of carbonyl (C=O) groups is 1. The molecule has 1 amide bonds. The van der Waals surface area contributed by atoms with Gasteiger partial charge in [0.25, 0.3) is 5.89 Å². The summed E-state index contributed by atoms with van der Waals surface area (Å²) in [5, 5.41) is 9.92. The maximum absolute atomic E-state index is 13.8. The van der Waals surface area contributed by atoms with Crippen molar-refractivity contribution in [2.45, 2.75) is 13.1 Å². The molecule has 0 saturated carbocycles. The molecule has 1 N–H and O–H groups in total. The smallest absolute Gasteiger partial charge is 0.350 e. The standard InChI is InChI=1S/C20H13F3N4O3/c1-11(28)24-14-9-7-13(8-10-14)18-25-19(30-27-18)17-15(20(21,22)23)16(26-29-17)12-5-3-2-4-6-12/h2-10H,1H3,(H,24,28). The fraction of sp³-hybridized carbons (Fsp3) is 0.100. The first-order valence-electron chi connectivity index (χ1n) is 8.67. The van der Waals surface area contributed by atoms with E-state index in [1.807, 2.05) is 0 Å². The van der Waals surface area contributed by atoms with Gasteiger partial charge in [-0.3, -0.25) is 4.79 Å². The van der Waals surface area contributed by atoms with Gasteiger partial charge in [-0.25, -0.2) is 0 Å². The van der Waals surface area contributed by atoms with Crippen molar-refractivity contribution >= 4 is 11.6 Å². The van der Waals surface area contributed by atoms with Gasteiger partial charge in [0.2, 0.25) is 17.5 Å². The summed E-state index contributed by atoms with van der Waals surface area (Å²) in [7, 11) is 0. The Morgan fingerprint density at radius 1 is 0.933 bits per heavy atom. The van der Waals surface area contributed by atoms with Crippen molar-refractivity contribution in [1.82, 2.24) is 15.3 Å². The quantitative estimate of drug-likeness (QED) is 0.503. The first-order valence-corrected chi connectivity index (χ1v) is 8.67. The Morgan fingerprint density at radius 3 is 2.27 bits per heavy atom. The van der Waals surface area contributed by atoms with Gasteiger partial charge in [0, 0.05) is 23.7 Å². The molecule has 0 aliphatic rings. The van der Waals surface area contributed by atoms with Crippen LogP contribution in [0, 0.1) is 0 Å². The summed E-state index contributed by atoms with van der Waals surface area (Å²) < 4.78 is 51.3. The van der Waals surface area contributed by atoms with E-state index in [-0.39, 0.29) is 23.0 Å². The van der Waals surface area contributed by atoms with E-state index < -0.39 is 23.4 Å². The topological polar surface area (TPSA) is 94.1 Å². The third kappa shape index (κ3) is 3.79. The van der Waals surface area contributed by atoms with E-state index in [4.69, 9.17) is 9.05 Å². The summed E-state index contributed by atoms with van der Waals surface area (Å²) in [6.45, 7) is 1.37. The monoisotopic (exact) mass is 414 g/mol. The number of anilines is 1. The van der Waals surface area contributed by atoms with Crippen LogP contribution in [-0.2, 0) is 11.0 Å². The minimum atomic E-state index is -4.75. The average molecular weight is 414 g/mol. The maximum Gasteiger partial charge on any atom is 0.422 e. The molecule has 4 aromatic rings. The van der Waals surface area contributed by atoms with E-state index in [2.05, 4.69) is 20.6 Å². The molecule has 0 fully saturated rings.